The molecule has 0 radical (unpaired) electrons. The van der Waals surface area contributed by atoms with E-state index in [4.69, 9.17) is 5.73 Å². The van der Waals surface area contributed by atoms with E-state index in [1.807, 2.05) is 0 Å². The van der Waals surface area contributed by atoms with Crippen molar-refractivity contribution in [3.8, 4) is 0 Å². The Morgan fingerprint density at radius 2 is 1.78 bits per heavy atom. The van der Waals surface area contributed by atoms with Crippen molar-refractivity contribution in [3.05, 3.63) is 11.1 Å². The van der Waals surface area contributed by atoms with Crippen molar-refractivity contribution in [3.63, 3.8) is 0 Å². The summed E-state index contributed by atoms with van der Waals surface area (Å²) in [5.41, 5.74) is 8.27. The lowest BCUT2D eigenvalue weighted by atomic mass is 9.99. The van der Waals surface area contributed by atoms with Crippen LogP contribution in [0, 0.1) is 5.92 Å². The van der Waals surface area contributed by atoms with Crippen LogP contribution in [0.4, 0.5) is 0 Å². The monoisotopic (exact) mass is 127 g/mol. The molecular formula is C8H17N. The summed E-state index contributed by atoms with van der Waals surface area (Å²) in [5, 5.41) is 0. The maximum atomic E-state index is 5.52. The molecule has 2 N–H and O–H groups in total. The Kier molecular flexibility index (Phi) is 3.55. The lowest BCUT2D eigenvalue weighted by molar-refractivity contribution is 0.733. The summed E-state index contributed by atoms with van der Waals surface area (Å²) in [4.78, 5) is 0. The molecule has 1 heteroatoms. The van der Waals surface area contributed by atoms with Gasteiger partial charge in [0.1, 0.15) is 0 Å². The smallest absolute Gasteiger partial charge is 0.0141 e. The van der Waals surface area contributed by atoms with Crippen LogP contribution in [0.2, 0.25) is 0 Å². The van der Waals surface area contributed by atoms with Gasteiger partial charge in [0, 0.05) is 6.54 Å². The van der Waals surface area contributed by atoms with E-state index in [1.54, 1.807) is 0 Å². The number of allylic oxidation sites excluding steroid dienone is 1. The largest absolute Gasteiger partial charge is 0.327 e. The zero-order valence-corrected chi connectivity index (χ0v) is 6.86. The first kappa shape index (κ1) is 8.70. The first-order valence-electron chi connectivity index (χ1n) is 3.46. The molecule has 0 unspecified atom stereocenters. The number of hydrogen-bond acceptors (Lipinski definition) is 1. The van der Waals surface area contributed by atoms with E-state index >= 15 is 0 Å². The van der Waals surface area contributed by atoms with Crippen LogP contribution in [-0.2, 0) is 0 Å². The SMILES string of the molecule is CC(C)=C(CN)C(C)C. The van der Waals surface area contributed by atoms with Crippen molar-refractivity contribution in [2.24, 2.45) is 11.7 Å². The van der Waals surface area contributed by atoms with E-state index in [9.17, 15) is 0 Å². The highest BCUT2D eigenvalue weighted by Crippen LogP contribution is 2.11. The Morgan fingerprint density at radius 1 is 1.33 bits per heavy atom. The fourth-order valence-electron chi connectivity index (χ4n) is 1.02. The third kappa shape index (κ3) is 2.66. The van der Waals surface area contributed by atoms with Gasteiger partial charge in [-0.25, -0.2) is 0 Å². The molecule has 0 atom stereocenters. The van der Waals surface area contributed by atoms with E-state index in [-0.39, 0.29) is 0 Å². The molecule has 0 aliphatic rings. The summed E-state index contributed by atoms with van der Waals surface area (Å²) in [5.74, 6) is 0.611. The first-order chi connectivity index (χ1) is 4.09. The Bertz CT molecular complexity index is 108. The van der Waals surface area contributed by atoms with E-state index < -0.39 is 0 Å². The maximum Gasteiger partial charge on any atom is 0.0141 e. The third-order valence-electron chi connectivity index (χ3n) is 1.56. The molecule has 1 nitrogen and oxygen atoms in total. The van der Waals surface area contributed by atoms with Gasteiger partial charge in [-0.1, -0.05) is 25.0 Å². The Balaban J connectivity index is 4.16. The van der Waals surface area contributed by atoms with Gasteiger partial charge in [-0.2, -0.15) is 0 Å². The second kappa shape index (κ2) is 3.67. The predicted octanol–water partition coefficient (Wildman–Crippen LogP) is 1.94. The Morgan fingerprint density at radius 3 is 1.78 bits per heavy atom. The number of nitrogens with two attached hydrogens (primary N) is 1. The molecule has 0 saturated carbocycles. The zero-order valence-electron chi connectivity index (χ0n) is 6.86. The molecular weight excluding hydrogens is 110 g/mol. The summed E-state index contributed by atoms with van der Waals surface area (Å²) in [6, 6.07) is 0. The molecule has 0 aliphatic carbocycles. The molecule has 0 rings (SSSR count). The summed E-state index contributed by atoms with van der Waals surface area (Å²) >= 11 is 0. The molecule has 0 fully saturated rings. The van der Waals surface area contributed by atoms with Crippen LogP contribution in [-0.4, -0.2) is 6.54 Å². The molecule has 9 heavy (non-hydrogen) atoms. The molecule has 0 aliphatic heterocycles. The fraction of sp³-hybridized carbons (Fsp3) is 0.750. The highest BCUT2D eigenvalue weighted by Gasteiger charge is 2.00. The van der Waals surface area contributed by atoms with Gasteiger partial charge in [0.15, 0.2) is 0 Å². The van der Waals surface area contributed by atoms with Crippen molar-refractivity contribution in [2.75, 3.05) is 6.54 Å². The molecule has 0 aromatic heterocycles. The van der Waals surface area contributed by atoms with Crippen LogP contribution in [0.1, 0.15) is 27.7 Å². The lowest BCUT2D eigenvalue weighted by Crippen LogP contribution is -2.09. The van der Waals surface area contributed by atoms with E-state index in [0.717, 1.165) is 0 Å². The average Bonchev–Trinajstić information content (AvgIpc) is 1.64. The Hall–Kier alpha value is -0.300. The normalized spacial score (nSPS) is 10.0. The fourth-order valence-corrected chi connectivity index (χ4v) is 1.02. The second-order valence-corrected chi connectivity index (χ2v) is 2.88. The topological polar surface area (TPSA) is 26.0 Å². The van der Waals surface area contributed by atoms with Gasteiger partial charge in [-0.3, -0.25) is 0 Å². The van der Waals surface area contributed by atoms with Crippen molar-refractivity contribution in [1.29, 1.82) is 0 Å². The minimum Gasteiger partial charge on any atom is -0.327 e. The minimum absolute atomic E-state index is 0.611. The standard InChI is InChI=1S/C8H17N/c1-6(2)8(5-9)7(3)4/h6H,5,9H2,1-4H3. The van der Waals surface area contributed by atoms with E-state index in [0.29, 0.717) is 12.5 Å². The summed E-state index contributed by atoms with van der Waals surface area (Å²) in [6.45, 7) is 9.29. The highest BCUT2D eigenvalue weighted by atomic mass is 14.5. The minimum atomic E-state index is 0.611. The predicted molar refractivity (Wildman–Crippen MR) is 42.3 cm³/mol. The summed E-state index contributed by atoms with van der Waals surface area (Å²) < 4.78 is 0. The van der Waals surface area contributed by atoms with Gasteiger partial charge in [-0.05, 0) is 19.8 Å². The van der Waals surface area contributed by atoms with Gasteiger partial charge in [0.05, 0.1) is 0 Å². The van der Waals surface area contributed by atoms with Crippen LogP contribution >= 0.6 is 0 Å². The van der Waals surface area contributed by atoms with E-state index in [1.165, 1.54) is 11.1 Å². The molecule has 54 valence electrons. The van der Waals surface area contributed by atoms with Crippen LogP contribution in [0.5, 0.6) is 0 Å². The van der Waals surface area contributed by atoms with E-state index in [2.05, 4.69) is 27.7 Å². The second-order valence-electron chi connectivity index (χ2n) is 2.88. The molecule has 0 bridgehead atoms. The average molecular weight is 127 g/mol. The highest BCUT2D eigenvalue weighted by molar-refractivity contribution is 5.12. The lowest BCUT2D eigenvalue weighted by Gasteiger charge is -2.10. The van der Waals surface area contributed by atoms with Gasteiger partial charge in [0.2, 0.25) is 0 Å². The van der Waals surface area contributed by atoms with Crippen LogP contribution in [0.3, 0.4) is 0 Å². The van der Waals surface area contributed by atoms with Crippen molar-refractivity contribution >= 4 is 0 Å². The van der Waals surface area contributed by atoms with Crippen LogP contribution < -0.4 is 5.73 Å². The molecule has 0 aromatic rings. The van der Waals surface area contributed by atoms with Gasteiger partial charge >= 0.3 is 0 Å². The van der Waals surface area contributed by atoms with Crippen molar-refractivity contribution in [2.45, 2.75) is 27.7 Å². The third-order valence-corrected chi connectivity index (χ3v) is 1.56. The molecule has 0 spiro atoms. The number of hydrogen-bond donors (Lipinski definition) is 1. The molecule has 0 heterocycles. The Labute approximate surface area is 57.9 Å². The van der Waals surface area contributed by atoms with Crippen LogP contribution in [0.25, 0.3) is 0 Å². The van der Waals surface area contributed by atoms with Crippen molar-refractivity contribution in [1.82, 2.24) is 0 Å². The van der Waals surface area contributed by atoms with Gasteiger partial charge in [0.25, 0.3) is 0 Å². The summed E-state index contributed by atoms with van der Waals surface area (Å²) in [6.07, 6.45) is 0. The van der Waals surface area contributed by atoms with Gasteiger partial charge < -0.3 is 5.73 Å². The molecule has 0 saturated heterocycles. The van der Waals surface area contributed by atoms with Gasteiger partial charge in [-0.15, -0.1) is 0 Å². The zero-order chi connectivity index (χ0) is 7.44. The van der Waals surface area contributed by atoms with Crippen molar-refractivity contribution < 1.29 is 0 Å². The van der Waals surface area contributed by atoms with Crippen LogP contribution in [0.15, 0.2) is 11.1 Å². The number of rotatable bonds is 2. The first-order valence-corrected chi connectivity index (χ1v) is 3.46. The summed E-state index contributed by atoms with van der Waals surface area (Å²) in [7, 11) is 0. The molecule has 0 aromatic carbocycles. The maximum absolute atomic E-state index is 5.52. The molecule has 0 amide bonds. The quantitative estimate of drug-likeness (QED) is 0.564.